The molecule has 0 saturated carbocycles. The van der Waals surface area contributed by atoms with Crippen molar-refractivity contribution in [1.82, 2.24) is 5.32 Å². The number of aliphatic hydroxyl groups excluding tert-OH is 1. The Bertz CT molecular complexity index is 286. The third-order valence-corrected chi connectivity index (χ3v) is 2.50. The number of nitrogens with one attached hydrogen (secondary N) is 1. The Labute approximate surface area is 90.1 Å². The van der Waals surface area contributed by atoms with E-state index in [9.17, 15) is 9.50 Å². The van der Waals surface area contributed by atoms with Crippen molar-refractivity contribution in [2.45, 2.75) is 32.4 Å². The summed E-state index contributed by atoms with van der Waals surface area (Å²) in [6.07, 6.45) is 0.427. The number of halogens is 1. The van der Waals surface area contributed by atoms with Crippen molar-refractivity contribution in [3.8, 4) is 0 Å². The molecular formula is C12H18FNO. The second-order valence-corrected chi connectivity index (χ2v) is 3.74. The van der Waals surface area contributed by atoms with Crippen LogP contribution in [-0.4, -0.2) is 17.8 Å². The van der Waals surface area contributed by atoms with Gasteiger partial charge >= 0.3 is 0 Å². The molecule has 0 spiro atoms. The van der Waals surface area contributed by atoms with Crippen LogP contribution in [0.2, 0.25) is 0 Å². The molecule has 1 aromatic carbocycles. The van der Waals surface area contributed by atoms with Crippen LogP contribution >= 0.6 is 0 Å². The first-order valence-electron chi connectivity index (χ1n) is 5.30. The fourth-order valence-corrected chi connectivity index (χ4v) is 1.33. The molecule has 0 heterocycles. The molecule has 0 fully saturated rings. The zero-order valence-electron chi connectivity index (χ0n) is 9.20. The molecular weight excluding hydrogens is 193 g/mol. The molecule has 0 saturated heterocycles. The quantitative estimate of drug-likeness (QED) is 0.783. The summed E-state index contributed by atoms with van der Waals surface area (Å²) in [7, 11) is 0. The van der Waals surface area contributed by atoms with E-state index in [4.69, 9.17) is 0 Å². The molecule has 2 N–H and O–H groups in total. The predicted octanol–water partition coefficient (Wildman–Crippen LogP) is 2.25. The summed E-state index contributed by atoms with van der Waals surface area (Å²) in [4.78, 5) is 0. The standard InChI is InChI=1S/C12H18FNO/c1-3-12(15)8-14-9(2)10-4-6-11(13)7-5-10/h4-7,9,12,14-15H,3,8H2,1-2H3. The maximum atomic E-state index is 12.7. The van der Waals surface area contributed by atoms with E-state index in [1.807, 2.05) is 13.8 Å². The van der Waals surface area contributed by atoms with E-state index in [2.05, 4.69) is 5.32 Å². The van der Waals surface area contributed by atoms with Crippen LogP contribution < -0.4 is 5.32 Å². The first-order chi connectivity index (χ1) is 7.13. The van der Waals surface area contributed by atoms with Gasteiger partial charge in [-0.25, -0.2) is 4.39 Å². The molecule has 2 unspecified atom stereocenters. The normalized spacial score (nSPS) is 14.9. The van der Waals surface area contributed by atoms with Crippen LogP contribution in [0.5, 0.6) is 0 Å². The minimum absolute atomic E-state index is 0.131. The van der Waals surface area contributed by atoms with Crippen LogP contribution in [0.1, 0.15) is 31.9 Å². The van der Waals surface area contributed by atoms with Crippen LogP contribution in [0.15, 0.2) is 24.3 Å². The van der Waals surface area contributed by atoms with Crippen LogP contribution in [0, 0.1) is 5.82 Å². The number of benzene rings is 1. The maximum Gasteiger partial charge on any atom is 0.123 e. The highest BCUT2D eigenvalue weighted by molar-refractivity contribution is 5.19. The lowest BCUT2D eigenvalue weighted by Crippen LogP contribution is -2.28. The van der Waals surface area contributed by atoms with E-state index in [1.165, 1.54) is 12.1 Å². The summed E-state index contributed by atoms with van der Waals surface area (Å²) < 4.78 is 12.7. The molecule has 0 amide bonds. The first-order valence-corrected chi connectivity index (χ1v) is 5.30. The lowest BCUT2D eigenvalue weighted by atomic mass is 10.1. The number of hydrogen-bond acceptors (Lipinski definition) is 2. The van der Waals surface area contributed by atoms with Gasteiger partial charge in [0, 0.05) is 12.6 Å². The molecule has 0 bridgehead atoms. The maximum absolute atomic E-state index is 12.7. The van der Waals surface area contributed by atoms with E-state index < -0.39 is 0 Å². The molecule has 1 aromatic rings. The molecule has 0 aliphatic rings. The highest BCUT2D eigenvalue weighted by atomic mass is 19.1. The third-order valence-electron chi connectivity index (χ3n) is 2.50. The molecule has 15 heavy (non-hydrogen) atoms. The summed E-state index contributed by atoms with van der Waals surface area (Å²) in [5, 5.41) is 12.6. The highest BCUT2D eigenvalue weighted by Gasteiger charge is 2.07. The van der Waals surface area contributed by atoms with E-state index >= 15 is 0 Å². The average Bonchev–Trinajstić information content (AvgIpc) is 2.26. The van der Waals surface area contributed by atoms with Crippen molar-refractivity contribution in [3.63, 3.8) is 0 Å². The third kappa shape index (κ3) is 3.98. The summed E-state index contributed by atoms with van der Waals surface area (Å²) in [5.74, 6) is -0.223. The second-order valence-electron chi connectivity index (χ2n) is 3.74. The van der Waals surface area contributed by atoms with Gasteiger partial charge in [-0.3, -0.25) is 0 Å². The van der Waals surface area contributed by atoms with Crippen molar-refractivity contribution in [2.24, 2.45) is 0 Å². The number of hydrogen-bond donors (Lipinski definition) is 2. The summed E-state index contributed by atoms with van der Waals surface area (Å²) in [5.41, 5.74) is 1.03. The van der Waals surface area contributed by atoms with Gasteiger partial charge in [-0.2, -0.15) is 0 Å². The Kier molecular flexibility index (Phi) is 4.72. The van der Waals surface area contributed by atoms with Crippen molar-refractivity contribution >= 4 is 0 Å². The Morgan fingerprint density at radius 3 is 2.47 bits per heavy atom. The first kappa shape index (κ1) is 12.1. The molecule has 0 aromatic heterocycles. The van der Waals surface area contributed by atoms with Crippen LogP contribution in [-0.2, 0) is 0 Å². The molecule has 0 radical (unpaired) electrons. The Morgan fingerprint density at radius 1 is 1.33 bits per heavy atom. The van der Waals surface area contributed by atoms with Crippen molar-refractivity contribution in [3.05, 3.63) is 35.6 Å². The lowest BCUT2D eigenvalue weighted by Gasteiger charge is -2.16. The summed E-state index contributed by atoms with van der Waals surface area (Å²) in [6, 6.07) is 6.54. The molecule has 2 nitrogen and oxygen atoms in total. The molecule has 2 atom stereocenters. The van der Waals surface area contributed by atoms with Gasteiger partial charge in [-0.05, 0) is 31.0 Å². The van der Waals surface area contributed by atoms with Gasteiger partial charge in [-0.1, -0.05) is 19.1 Å². The fraction of sp³-hybridized carbons (Fsp3) is 0.500. The number of rotatable bonds is 5. The predicted molar refractivity (Wildman–Crippen MR) is 59.1 cm³/mol. The molecule has 0 aliphatic carbocycles. The van der Waals surface area contributed by atoms with Gasteiger partial charge in [0.15, 0.2) is 0 Å². The minimum Gasteiger partial charge on any atom is -0.392 e. The minimum atomic E-state index is -0.312. The van der Waals surface area contributed by atoms with E-state index in [0.29, 0.717) is 6.54 Å². The van der Waals surface area contributed by atoms with E-state index in [0.717, 1.165) is 12.0 Å². The summed E-state index contributed by atoms with van der Waals surface area (Å²) in [6.45, 7) is 4.50. The highest BCUT2D eigenvalue weighted by Crippen LogP contribution is 2.12. The van der Waals surface area contributed by atoms with Gasteiger partial charge in [0.05, 0.1) is 6.10 Å². The number of aliphatic hydroxyl groups is 1. The van der Waals surface area contributed by atoms with Crippen molar-refractivity contribution in [2.75, 3.05) is 6.54 Å². The molecule has 84 valence electrons. The van der Waals surface area contributed by atoms with Crippen molar-refractivity contribution < 1.29 is 9.50 Å². The summed E-state index contributed by atoms with van der Waals surface area (Å²) >= 11 is 0. The van der Waals surface area contributed by atoms with Crippen LogP contribution in [0.3, 0.4) is 0 Å². The molecule has 1 rings (SSSR count). The monoisotopic (exact) mass is 211 g/mol. The lowest BCUT2D eigenvalue weighted by molar-refractivity contribution is 0.164. The zero-order valence-corrected chi connectivity index (χ0v) is 9.20. The molecule has 0 aliphatic heterocycles. The smallest absolute Gasteiger partial charge is 0.123 e. The van der Waals surface area contributed by atoms with Gasteiger partial charge in [0.1, 0.15) is 5.82 Å². The molecule has 3 heteroatoms. The zero-order chi connectivity index (χ0) is 11.3. The van der Waals surface area contributed by atoms with Crippen LogP contribution in [0.4, 0.5) is 4.39 Å². The van der Waals surface area contributed by atoms with Crippen molar-refractivity contribution in [1.29, 1.82) is 0 Å². The topological polar surface area (TPSA) is 32.3 Å². The Balaban J connectivity index is 2.46. The van der Waals surface area contributed by atoms with Gasteiger partial charge in [0.25, 0.3) is 0 Å². The van der Waals surface area contributed by atoms with Gasteiger partial charge < -0.3 is 10.4 Å². The van der Waals surface area contributed by atoms with E-state index in [-0.39, 0.29) is 18.0 Å². The van der Waals surface area contributed by atoms with Gasteiger partial charge in [0.2, 0.25) is 0 Å². The van der Waals surface area contributed by atoms with E-state index in [1.54, 1.807) is 12.1 Å². The fourth-order valence-electron chi connectivity index (χ4n) is 1.33. The second kappa shape index (κ2) is 5.83. The Hall–Kier alpha value is -0.930. The largest absolute Gasteiger partial charge is 0.392 e. The Morgan fingerprint density at radius 2 is 1.93 bits per heavy atom. The van der Waals surface area contributed by atoms with Gasteiger partial charge in [-0.15, -0.1) is 0 Å². The van der Waals surface area contributed by atoms with Crippen LogP contribution in [0.25, 0.3) is 0 Å². The SMILES string of the molecule is CCC(O)CNC(C)c1ccc(F)cc1. The average molecular weight is 211 g/mol.